The fraction of sp³-hybridized carbons (Fsp3) is 0.778. The lowest BCUT2D eigenvalue weighted by atomic mass is 10.0. The Morgan fingerprint density at radius 1 is 1.50 bits per heavy atom. The van der Waals surface area contributed by atoms with Gasteiger partial charge in [-0.1, -0.05) is 6.42 Å². The first-order valence-corrected chi connectivity index (χ1v) is 4.94. The van der Waals surface area contributed by atoms with Crippen molar-refractivity contribution in [3.05, 3.63) is 0 Å². The van der Waals surface area contributed by atoms with Crippen LogP contribution in [0.3, 0.4) is 0 Å². The van der Waals surface area contributed by atoms with Crippen LogP contribution in [0.15, 0.2) is 0 Å². The third kappa shape index (κ3) is 2.99. The van der Waals surface area contributed by atoms with E-state index in [1.807, 2.05) is 0 Å². The zero-order valence-electron chi connectivity index (χ0n) is 8.38. The molecule has 5 heteroatoms. The van der Waals surface area contributed by atoms with Gasteiger partial charge in [-0.2, -0.15) is 0 Å². The normalized spacial score (nSPS) is 23.9. The van der Waals surface area contributed by atoms with Crippen LogP contribution in [0.4, 0.5) is 0 Å². The van der Waals surface area contributed by atoms with Crippen LogP contribution in [0.2, 0.25) is 0 Å². The molecule has 4 N–H and O–H groups in total. The van der Waals surface area contributed by atoms with Crippen LogP contribution in [0, 0.1) is 0 Å². The van der Waals surface area contributed by atoms with E-state index in [0.29, 0.717) is 0 Å². The van der Waals surface area contributed by atoms with Gasteiger partial charge in [0.25, 0.3) is 0 Å². The Morgan fingerprint density at radius 3 is 2.71 bits per heavy atom. The minimum atomic E-state index is -0.591. The highest BCUT2D eigenvalue weighted by atomic mass is 16.2. The van der Waals surface area contributed by atoms with Gasteiger partial charge in [-0.25, -0.2) is 0 Å². The van der Waals surface area contributed by atoms with Crippen LogP contribution < -0.4 is 16.4 Å². The number of primary amides is 1. The summed E-state index contributed by atoms with van der Waals surface area (Å²) >= 11 is 0. The summed E-state index contributed by atoms with van der Waals surface area (Å²) < 4.78 is 0. The van der Waals surface area contributed by atoms with Gasteiger partial charge in [-0.05, 0) is 26.3 Å². The first-order chi connectivity index (χ1) is 6.61. The number of carbonyl (C=O) groups is 2. The lowest BCUT2D eigenvalue weighted by Crippen LogP contribution is -2.51. The Labute approximate surface area is 83.4 Å². The monoisotopic (exact) mass is 199 g/mol. The molecule has 14 heavy (non-hydrogen) atoms. The molecule has 2 amide bonds. The van der Waals surface area contributed by atoms with Gasteiger partial charge >= 0.3 is 0 Å². The molecule has 0 aliphatic carbocycles. The summed E-state index contributed by atoms with van der Waals surface area (Å²) in [7, 11) is 0. The molecule has 0 bridgehead atoms. The van der Waals surface area contributed by atoms with Crippen LogP contribution >= 0.6 is 0 Å². The van der Waals surface area contributed by atoms with E-state index in [4.69, 9.17) is 5.73 Å². The molecule has 0 aromatic carbocycles. The molecule has 1 unspecified atom stereocenters. The van der Waals surface area contributed by atoms with E-state index in [1.54, 1.807) is 6.92 Å². The molecule has 5 nitrogen and oxygen atoms in total. The molecule has 1 heterocycles. The standard InChI is InChI=1S/C9H17N3O2/c1-6(8(10)13)12-9(14)7-4-2-3-5-11-7/h6-7,11H,2-5H2,1H3,(H2,10,13)(H,12,14)/t6?,7-/m0/s1. The van der Waals surface area contributed by atoms with E-state index in [1.165, 1.54) is 0 Å². The molecular formula is C9H17N3O2. The highest BCUT2D eigenvalue weighted by Crippen LogP contribution is 2.06. The lowest BCUT2D eigenvalue weighted by molar-refractivity contribution is -0.128. The Morgan fingerprint density at radius 2 is 2.21 bits per heavy atom. The molecule has 80 valence electrons. The molecular weight excluding hydrogens is 182 g/mol. The molecule has 0 spiro atoms. The predicted octanol–water partition coefficient (Wildman–Crippen LogP) is -0.881. The second kappa shape index (κ2) is 4.95. The number of hydrogen-bond donors (Lipinski definition) is 3. The van der Waals surface area contributed by atoms with E-state index < -0.39 is 11.9 Å². The minimum absolute atomic E-state index is 0.129. The highest BCUT2D eigenvalue weighted by molar-refractivity contribution is 5.88. The summed E-state index contributed by atoms with van der Waals surface area (Å²) in [5.41, 5.74) is 5.04. The van der Waals surface area contributed by atoms with E-state index in [2.05, 4.69) is 10.6 Å². The maximum absolute atomic E-state index is 11.5. The van der Waals surface area contributed by atoms with Crippen molar-refractivity contribution in [1.29, 1.82) is 0 Å². The van der Waals surface area contributed by atoms with Gasteiger partial charge in [0.1, 0.15) is 6.04 Å². The number of hydrogen-bond acceptors (Lipinski definition) is 3. The van der Waals surface area contributed by atoms with E-state index in [0.717, 1.165) is 25.8 Å². The van der Waals surface area contributed by atoms with Crippen LogP contribution in [0.5, 0.6) is 0 Å². The van der Waals surface area contributed by atoms with Crippen molar-refractivity contribution in [3.63, 3.8) is 0 Å². The fourth-order valence-electron chi connectivity index (χ4n) is 1.46. The van der Waals surface area contributed by atoms with Gasteiger partial charge in [0.05, 0.1) is 6.04 Å². The fourth-order valence-corrected chi connectivity index (χ4v) is 1.46. The summed E-state index contributed by atoms with van der Waals surface area (Å²) in [5.74, 6) is -0.634. The van der Waals surface area contributed by atoms with Crippen molar-refractivity contribution < 1.29 is 9.59 Å². The molecule has 2 atom stereocenters. The molecule has 1 aliphatic heterocycles. The van der Waals surface area contributed by atoms with Crippen molar-refractivity contribution in [2.24, 2.45) is 5.73 Å². The predicted molar refractivity (Wildman–Crippen MR) is 52.4 cm³/mol. The average molecular weight is 199 g/mol. The van der Waals surface area contributed by atoms with Gasteiger partial charge in [0, 0.05) is 0 Å². The molecule has 1 aliphatic rings. The minimum Gasteiger partial charge on any atom is -0.368 e. The zero-order valence-corrected chi connectivity index (χ0v) is 8.38. The third-order valence-corrected chi connectivity index (χ3v) is 2.41. The van der Waals surface area contributed by atoms with Crippen molar-refractivity contribution in [2.75, 3.05) is 6.54 Å². The molecule has 0 saturated carbocycles. The van der Waals surface area contributed by atoms with Crippen molar-refractivity contribution >= 4 is 11.8 Å². The average Bonchev–Trinajstić information content (AvgIpc) is 2.19. The first-order valence-electron chi connectivity index (χ1n) is 4.94. The maximum Gasteiger partial charge on any atom is 0.239 e. The quantitative estimate of drug-likeness (QED) is 0.552. The molecule has 1 saturated heterocycles. The van der Waals surface area contributed by atoms with Gasteiger partial charge in [0.15, 0.2) is 0 Å². The van der Waals surface area contributed by atoms with Crippen molar-refractivity contribution in [3.8, 4) is 0 Å². The molecule has 0 aromatic heterocycles. The second-order valence-electron chi connectivity index (χ2n) is 3.64. The second-order valence-corrected chi connectivity index (χ2v) is 3.64. The van der Waals surface area contributed by atoms with E-state index >= 15 is 0 Å². The number of nitrogens with one attached hydrogen (secondary N) is 2. The summed E-state index contributed by atoms with van der Waals surface area (Å²) in [6.45, 7) is 2.45. The Hall–Kier alpha value is -1.10. The van der Waals surface area contributed by atoms with Gasteiger partial charge in [-0.15, -0.1) is 0 Å². The topological polar surface area (TPSA) is 84.2 Å². The number of carbonyl (C=O) groups excluding carboxylic acids is 2. The van der Waals surface area contributed by atoms with Gasteiger partial charge < -0.3 is 16.4 Å². The summed E-state index contributed by atoms with van der Waals surface area (Å²) in [6.07, 6.45) is 2.99. The lowest BCUT2D eigenvalue weighted by Gasteiger charge is -2.23. The summed E-state index contributed by atoms with van der Waals surface area (Å²) in [6, 6.07) is -0.753. The smallest absolute Gasteiger partial charge is 0.239 e. The van der Waals surface area contributed by atoms with Crippen LogP contribution in [-0.4, -0.2) is 30.4 Å². The van der Waals surface area contributed by atoms with Crippen LogP contribution in [0.25, 0.3) is 0 Å². The number of nitrogens with two attached hydrogens (primary N) is 1. The largest absolute Gasteiger partial charge is 0.368 e. The van der Waals surface area contributed by atoms with Crippen molar-refractivity contribution in [2.45, 2.75) is 38.3 Å². The Balaban J connectivity index is 2.36. The Kier molecular flexibility index (Phi) is 3.88. The summed E-state index contributed by atoms with van der Waals surface area (Å²) in [4.78, 5) is 22.2. The summed E-state index contributed by atoms with van der Waals surface area (Å²) in [5, 5.41) is 5.67. The number of rotatable bonds is 3. The highest BCUT2D eigenvalue weighted by Gasteiger charge is 2.22. The van der Waals surface area contributed by atoms with E-state index in [-0.39, 0.29) is 11.9 Å². The molecule has 1 fully saturated rings. The van der Waals surface area contributed by atoms with E-state index in [9.17, 15) is 9.59 Å². The SMILES string of the molecule is CC(NC(=O)[C@@H]1CCCCN1)C(N)=O. The molecule has 0 radical (unpaired) electrons. The van der Waals surface area contributed by atoms with Gasteiger partial charge in [-0.3, -0.25) is 9.59 Å². The maximum atomic E-state index is 11.5. The zero-order chi connectivity index (χ0) is 10.6. The number of piperidine rings is 1. The molecule has 1 rings (SSSR count). The number of amides is 2. The van der Waals surface area contributed by atoms with Crippen LogP contribution in [-0.2, 0) is 9.59 Å². The van der Waals surface area contributed by atoms with Crippen molar-refractivity contribution in [1.82, 2.24) is 10.6 Å². The first kappa shape index (κ1) is 11.0. The third-order valence-electron chi connectivity index (χ3n) is 2.41. The Bertz CT molecular complexity index is 224. The van der Waals surface area contributed by atoms with Gasteiger partial charge in [0.2, 0.25) is 11.8 Å². The molecule has 0 aromatic rings. The van der Waals surface area contributed by atoms with Crippen LogP contribution in [0.1, 0.15) is 26.2 Å².